The number of rotatable bonds is 1. The van der Waals surface area contributed by atoms with E-state index < -0.39 is 0 Å². The molecule has 0 aromatic carbocycles. The lowest BCUT2D eigenvalue weighted by molar-refractivity contribution is 0.00270. The number of carbonyl (C=O) groups is 1. The van der Waals surface area contributed by atoms with E-state index in [1.807, 2.05) is 4.90 Å². The van der Waals surface area contributed by atoms with Crippen molar-refractivity contribution in [1.29, 1.82) is 0 Å². The van der Waals surface area contributed by atoms with Gasteiger partial charge in [-0.05, 0) is 25.8 Å². The van der Waals surface area contributed by atoms with Crippen LogP contribution in [-0.2, 0) is 0 Å². The molecule has 2 atom stereocenters. The van der Waals surface area contributed by atoms with Crippen LogP contribution in [0.15, 0.2) is 10.8 Å². The molecule has 2 saturated heterocycles. The Kier molecular flexibility index (Phi) is 2.21. The van der Waals surface area contributed by atoms with E-state index in [0.29, 0.717) is 23.2 Å². The van der Waals surface area contributed by atoms with Crippen LogP contribution in [0.5, 0.6) is 0 Å². The van der Waals surface area contributed by atoms with Crippen molar-refractivity contribution in [3.63, 3.8) is 0 Å². The molecule has 2 aliphatic rings. The van der Waals surface area contributed by atoms with E-state index in [9.17, 15) is 4.79 Å². The summed E-state index contributed by atoms with van der Waals surface area (Å²) in [7, 11) is 0. The van der Waals surface area contributed by atoms with Crippen LogP contribution in [0.4, 0.5) is 0 Å². The molecule has 1 N–H and O–H groups in total. The van der Waals surface area contributed by atoms with Crippen LogP contribution < -0.4 is 5.32 Å². The van der Waals surface area contributed by atoms with Gasteiger partial charge in [0.2, 0.25) is 0 Å². The van der Waals surface area contributed by atoms with Gasteiger partial charge < -0.3 is 14.7 Å². The second kappa shape index (κ2) is 3.59. The highest BCUT2D eigenvalue weighted by Gasteiger charge is 2.43. The molecule has 0 aliphatic carbocycles. The van der Waals surface area contributed by atoms with Crippen LogP contribution in [0.2, 0.25) is 0 Å². The number of aromatic nitrogens is 1. The number of fused-ring (bicyclic) bond motifs is 1. The fraction of sp³-hybridized carbons (Fsp3) is 0.636. The van der Waals surface area contributed by atoms with Gasteiger partial charge in [0.1, 0.15) is 11.8 Å². The summed E-state index contributed by atoms with van der Waals surface area (Å²) < 4.78 is 4.81. The zero-order chi connectivity index (χ0) is 11.1. The summed E-state index contributed by atoms with van der Waals surface area (Å²) >= 11 is 0. The molecule has 3 heterocycles. The van der Waals surface area contributed by atoms with Gasteiger partial charge in [-0.1, -0.05) is 5.16 Å². The maximum Gasteiger partial charge on any atom is 0.259 e. The molecule has 1 aromatic heterocycles. The Hall–Kier alpha value is -1.36. The fourth-order valence-corrected chi connectivity index (χ4v) is 2.61. The number of piperidine rings is 1. The quantitative estimate of drug-likeness (QED) is 0.746. The van der Waals surface area contributed by atoms with Gasteiger partial charge in [-0.3, -0.25) is 4.79 Å². The minimum Gasteiger partial charge on any atom is -0.364 e. The molecular formula is C11H15N3O2. The Bertz CT molecular complexity index is 415. The molecule has 2 fully saturated rings. The first kappa shape index (κ1) is 9.84. The van der Waals surface area contributed by atoms with Gasteiger partial charge in [0.05, 0.1) is 5.69 Å². The van der Waals surface area contributed by atoms with Crippen molar-refractivity contribution in [1.82, 2.24) is 15.4 Å². The van der Waals surface area contributed by atoms with Gasteiger partial charge in [-0.15, -0.1) is 0 Å². The lowest BCUT2D eigenvalue weighted by Crippen LogP contribution is -2.65. The van der Waals surface area contributed by atoms with Crippen molar-refractivity contribution in [2.24, 2.45) is 5.92 Å². The van der Waals surface area contributed by atoms with E-state index in [0.717, 1.165) is 19.6 Å². The van der Waals surface area contributed by atoms with Crippen LogP contribution in [-0.4, -0.2) is 41.6 Å². The van der Waals surface area contributed by atoms with Gasteiger partial charge in [-0.2, -0.15) is 0 Å². The smallest absolute Gasteiger partial charge is 0.259 e. The topological polar surface area (TPSA) is 58.4 Å². The highest BCUT2D eigenvalue weighted by atomic mass is 16.5. The first-order valence-corrected chi connectivity index (χ1v) is 5.70. The lowest BCUT2D eigenvalue weighted by Gasteiger charge is -2.50. The van der Waals surface area contributed by atoms with Crippen molar-refractivity contribution in [2.45, 2.75) is 19.4 Å². The molecule has 2 unspecified atom stereocenters. The predicted octanol–water partition coefficient (Wildman–Crippen LogP) is 0.417. The van der Waals surface area contributed by atoms with Crippen LogP contribution >= 0.6 is 0 Å². The average Bonchev–Trinajstić information content (AvgIpc) is 2.66. The van der Waals surface area contributed by atoms with E-state index in [4.69, 9.17) is 4.52 Å². The third-order valence-corrected chi connectivity index (χ3v) is 3.66. The molecule has 86 valence electrons. The summed E-state index contributed by atoms with van der Waals surface area (Å²) in [5, 5.41) is 7.07. The first-order chi connectivity index (χ1) is 7.77. The van der Waals surface area contributed by atoms with E-state index in [1.165, 1.54) is 12.7 Å². The Balaban J connectivity index is 1.75. The third kappa shape index (κ3) is 1.35. The van der Waals surface area contributed by atoms with Gasteiger partial charge >= 0.3 is 0 Å². The summed E-state index contributed by atoms with van der Waals surface area (Å²) in [5.41, 5.74) is 1.28. The maximum absolute atomic E-state index is 12.2. The number of nitrogens with zero attached hydrogens (tertiary/aromatic N) is 2. The Morgan fingerprint density at radius 1 is 1.69 bits per heavy atom. The molecule has 2 aliphatic heterocycles. The van der Waals surface area contributed by atoms with E-state index in [2.05, 4.69) is 10.5 Å². The van der Waals surface area contributed by atoms with Crippen molar-refractivity contribution in [2.75, 3.05) is 19.6 Å². The number of carbonyl (C=O) groups excluding carboxylic acids is 1. The number of amides is 1. The fourth-order valence-electron chi connectivity index (χ4n) is 2.61. The number of hydrogen-bond acceptors (Lipinski definition) is 4. The molecule has 3 rings (SSSR count). The number of nitrogens with one attached hydrogen (secondary N) is 1. The van der Waals surface area contributed by atoms with E-state index in [1.54, 1.807) is 6.92 Å². The Morgan fingerprint density at radius 3 is 3.25 bits per heavy atom. The van der Waals surface area contributed by atoms with E-state index >= 15 is 0 Å². The summed E-state index contributed by atoms with van der Waals surface area (Å²) in [6.45, 7) is 4.68. The van der Waals surface area contributed by atoms with Crippen LogP contribution in [0.25, 0.3) is 0 Å². The van der Waals surface area contributed by atoms with Gasteiger partial charge in [0.25, 0.3) is 5.91 Å². The first-order valence-electron chi connectivity index (χ1n) is 5.70. The lowest BCUT2D eigenvalue weighted by atomic mass is 9.82. The zero-order valence-electron chi connectivity index (χ0n) is 9.27. The van der Waals surface area contributed by atoms with Crippen molar-refractivity contribution in [3.8, 4) is 0 Å². The SMILES string of the molecule is Cc1nocc1C(=O)N1CC2CCNCC21. The molecule has 0 bridgehead atoms. The Morgan fingerprint density at radius 2 is 2.56 bits per heavy atom. The second-order valence-electron chi connectivity index (χ2n) is 4.59. The molecule has 5 nitrogen and oxygen atoms in total. The van der Waals surface area contributed by atoms with Crippen LogP contribution in [0.1, 0.15) is 22.5 Å². The highest BCUT2D eigenvalue weighted by Crippen LogP contribution is 2.31. The number of hydrogen-bond donors (Lipinski definition) is 1. The van der Waals surface area contributed by atoms with E-state index in [-0.39, 0.29) is 5.91 Å². The number of likely N-dealkylation sites (tertiary alicyclic amines) is 1. The summed E-state index contributed by atoms with van der Waals surface area (Å²) in [4.78, 5) is 14.1. The van der Waals surface area contributed by atoms with Gasteiger partial charge in [0, 0.05) is 19.1 Å². The summed E-state index contributed by atoms with van der Waals surface area (Å²) in [6, 6.07) is 0.371. The minimum atomic E-state index is 0.0590. The average molecular weight is 221 g/mol. The molecule has 0 spiro atoms. The maximum atomic E-state index is 12.2. The zero-order valence-corrected chi connectivity index (χ0v) is 9.27. The van der Waals surface area contributed by atoms with Gasteiger partial charge in [-0.25, -0.2) is 0 Å². The summed E-state index contributed by atoms with van der Waals surface area (Å²) in [5.74, 6) is 0.745. The molecule has 1 amide bonds. The molecule has 0 radical (unpaired) electrons. The molecule has 1 aromatic rings. The van der Waals surface area contributed by atoms with Crippen LogP contribution in [0, 0.1) is 12.8 Å². The molecular weight excluding hydrogens is 206 g/mol. The minimum absolute atomic E-state index is 0.0590. The summed E-state index contributed by atoms with van der Waals surface area (Å²) in [6.07, 6.45) is 2.62. The van der Waals surface area contributed by atoms with Crippen LogP contribution in [0.3, 0.4) is 0 Å². The van der Waals surface area contributed by atoms with Crippen molar-refractivity contribution in [3.05, 3.63) is 17.5 Å². The Labute approximate surface area is 93.8 Å². The standard InChI is InChI=1S/C11H15N3O2/c1-7-9(6-16-13-7)11(15)14-5-8-2-3-12-4-10(8)14/h6,8,10,12H,2-5H2,1H3. The monoisotopic (exact) mass is 221 g/mol. The molecule has 16 heavy (non-hydrogen) atoms. The largest absolute Gasteiger partial charge is 0.364 e. The molecule has 5 heteroatoms. The van der Waals surface area contributed by atoms with Crippen molar-refractivity contribution < 1.29 is 9.32 Å². The second-order valence-corrected chi connectivity index (χ2v) is 4.59. The normalized spacial score (nSPS) is 28.4. The van der Waals surface area contributed by atoms with Gasteiger partial charge in [0.15, 0.2) is 0 Å². The molecule has 0 saturated carbocycles. The third-order valence-electron chi connectivity index (χ3n) is 3.66. The highest BCUT2D eigenvalue weighted by molar-refractivity contribution is 5.95. The predicted molar refractivity (Wildman–Crippen MR) is 57.0 cm³/mol. The number of aryl methyl sites for hydroxylation is 1. The van der Waals surface area contributed by atoms with Crippen molar-refractivity contribution >= 4 is 5.91 Å².